The zero-order chi connectivity index (χ0) is 17.1. The van der Waals surface area contributed by atoms with Crippen molar-refractivity contribution in [3.05, 3.63) is 42.0 Å². The van der Waals surface area contributed by atoms with Crippen LogP contribution < -0.4 is 11.1 Å². The van der Waals surface area contributed by atoms with Gasteiger partial charge in [0.05, 0.1) is 17.2 Å². The van der Waals surface area contributed by atoms with Crippen molar-refractivity contribution in [1.82, 2.24) is 4.90 Å². The Morgan fingerprint density at radius 3 is 2.50 bits per heavy atom. The van der Waals surface area contributed by atoms with E-state index in [4.69, 9.17) is 10.5 Å². The Hall–Kier alpha value is -1.89. The van der Waals surface area contributed by atoms with Gasteiger partial charge in [-0.05, 0) is 37.1 Å². The van der Waals surface area contributed by atoms with Gasteiger partial charge in [-0.25, -0.2) is 4.79 Å². The van der Waals surface area contributed by atoms with Crippen molar-refractivity contribution in [2.45, 2.75) is 32.6 Å². The Kier molecular flexibility index (Phi) is 5.18. The van der Waals surface area contributed by atoms with Crippen LogP contribution in [-0.2, 0) is 11.3 Å². The van der Waals surface area contributed by atoms with Crippen LogP contribution in [0.4, 0.5) is 9.80 Å². The van der Waals surface area contributed by atoms with Crippen molar-refractivity contribution in [3.8, 4) is 10.4 Å². The molecule has 128 valence electrons. The summed E-state index contributed by atoms with van der Waals surface area (Å²) in [7, 11) is 0. The molecule has 5 nitrogen and oxygen atoms in total. The number of urea groups is 1. The third kappa shape index (κ3) is 4.35. The fourth-order valence-electron chi connectivity index (χ4n) is 3.13. The van der Waals surface area contributed by atoms with Gasteiger partial charge in [-0.15, -0.1) is 11.3 Å². The first-order valence-electron chi connectivity index (χ1n) is 8.13. The quantitative estimate of drug-likeness (QED) is 0.891. The van der Waals surface area contributed by atoms with Gasteiger partial charge in [-0.3, -0.25) is 10.2 Å². The number of thiophene rings is 1. The van der Waals surface area contributed by atoms with E-state index in [2.05, 4.69) is 48.3 Å². The number of nitrogens with two attached hydrogens (primary N) is 1. The number of primary amides is 1. The number of carbonyl (C=O) groups excluding carboxylic acids is 1. The molecule has 0 aliphatic carbocycles. The molecule has 1 aliphatic rings. The van der Waals surface area contributed by atoms with E-state index in [-0.39, 0.29) is 12.2 Å². The van der Waals surface area contributed by atoms with E-state index in [0.717, 1.165) is 35.1 Å². The second kappa shape index (κ2) is 7.34. The van der Waals surface area contributed by atoms with Crippen LogP contribution in [0, 0.1) is 0 Å². The Morgan fingerprint density at radius 1 is 1.21 bits per heavy atom. The third-order valence-corrected chi connectivity index (χ3v) is 5.04. The number of nitrogens with one attached hydrogen (secondary N) is 1. The molecule has 1 saturated heterocycles. The largest absolute Gasteiger partial charge is 0.373 e. The smallest absolute Gasteiger partial charge is 0.317 e. The Morgan fingerprint density at radius 2 is 1.88 bits per heavy atom. The summed E-state index contributed by atoms with van der Waals surface area (Å²) in [5.74, 6) is 0. The van der Waals surface area contributed by atoms with E-state index in [1.807, 2.05) is 12.1 Å². The lowest BCUT2D eigenvalue weighted by molar-refractivity contribution is -0.0704. The van der Waals surface area contributed by atoms with E-state index in [1.165, 1.54) is 16.9 Å². The first-order valence-corrected chi connectivity index (χ1v) is 8.94. The molecule has 3 N–H and O–H groups in total. The number of morpholine rings is 1. The normalized spacial score (nSPS) is 21.6. The summed E-state index contributed by atoms with van der Waals surface area (Å²) in [5, 5.41) is 3.37. The van der Waals surface area contributed by atoms with Gasteiger partial charge < -0.3 is 10.5 Å². The fraction of sp³-hybridized carbons (Fsp3) is 0.389. The molecule has 1 aromatic carbocycles. The van der Waals surface area contributed by atoms with Crippen molar-refractivity contribution in [3.63, 3.8) is 0 Å². The molecule has 0 bridgehead atoms. The molecule has 2 heterocycles. The molecule has 1 aromatic heterocycles. The van der Waals surface area contributed by atoms with E-state index < -0.39 is 6.03 Å². The lowest BCUT2D eigenvalue weighted by Gasteiger charge is -2.35. The second-order valence-electron chi connectivity index (χ2n) is 6.30. The van der Waals surface area contributed by atoms with Gasteiger partial charge in [0.2, 0.25) is 0 Å². The van der Waals surface area contributed by atoms with Crippen molar-refractivity contribution in [2.24, 2.45) is 5.73 Å². The number of amides is 2. The lowest BCUT2D eigenvalue weighted by Crippen LogP contribution is -2.44. The van der Waals surface area contributed by atoms with Crippen LogP contribution in [0.3, 0.4) is 0 Å². The summed E-state index contributed by atoms with van der Waals surface area (Å²) >= 11 is 1.52. The van der Waals surface area contributed by atoms with Gasteiger partial charge in [0.1, 0.15) is 0 Å². The molecule has 1 fully saturated rings. The highest BCUT2D eigenvalue weighted by molar-refractivity contribution is 7.19. The molecule has 0 radical (unpaired) electrons. The van der Waals surface area contributed by atoms with Crippen LogP contribution in [0.1, 0.15) is 19.4 Å². The Bertz CT molecular complexity index is 689. The summed E-state index contributed by atoms with van der Waals surface area (Å²) in [5.41, 5.74) is 7.59. The van der Waals surface area contributed by atoms with Gasteiger partial charge in [-0.1, -0.05) is 24.3 Å². The van der Waals surface area contributed by atoms with Crippen molar-refractivity contribution in [1.29, 1.82) is 0 Å². The zero-order valence-electron chi connectivity index (χ0n) is 14.0. The Labute approximate surface area is 146 Å². The first kappa shape index (κ1) is 17.0. The minimum Gasteiger partial charge on any atom is -0.373 e. The van der Waals surface area contributed by atoms with E-state index >= 15 is 0 Å². The maximum absolute atomic E-state index is 10.9. The van der Waals surface area contributed by atoms with Crippen LogP contribution >= 0.6 is 11.3 Å². The SMILES string of the molecule is C[C@@H]1CN(Cc2ccc(-c3ccc(NC(N)=O)s3)cc2)C[C@H](C)O1. The highest BCUT2D eigenvalue weighted by atomic mass is 32.1. The molecular formula is C18H23N3O2S. The van der Waals surface area contributed by atoms with E-state index in [0.29, 0.717) is 0 Å². The standard InChI is InChI=1S/C18H23N3O2S/c1-12-9-21(10-13(2)23-12)11-14-3-5-15(6-4-14)16-7-8-17(24-16)20-18(19)22/h3-8,12-13H,9-11H2,1-2H3,(H3,19,20,22)/t12-,13+. The number of carbonyl (C=O) groups is 1. The summed E-state index contributed by atoms with van der Waals surface area (Å²) < 4.78 is 5.78. The van der Waals surface area contributed by atoms with Crippen LogP contribution in [0.2, 0.25) is 0 Å². The van der Waals surface area contributed by atoms with Gasteiger partial charge in [0, 0.05) is 24.5 Å². The predicted octanol–water partition coefficient (Wildman–Crippen LogP) is 3.51. The van der Waals surface area contributed by atoms with Crippen molar-refractivity contribution in [2.75, 3.05) is 18.4 Å². The van der Waals surface area contributed by atoms with Crippen LogP contribution in [0.5, 0.6) is 0 Å². The molecule has 0 unspecified atom stereocenters. The molecule has 2 atom stereocenters. The number of nitrogens with zero attached hydrogens (tertiary/aromatic N) is 1. The molecular weight excluding hydrogens is 322 g/mol. The topological polar surface area (TPSA) is 67.6 Å². The van der Waals surface area contributed by atoms with Gasteiger partial charge in [-0.2, -0.15) is 0 Å². The molecule has 0 spiro atoms. The van der Waals surface area contributed by atoms with Gasteiger partial charge in [0.25, 0.3) is 0 Å². The Balaban J connectivity index is 1.65. The number of hydrogen-bond donors (Lipinski definition) is 2. The molecule has 24 heavy (non-hydrogen) atoms. The average molecular weight is 345 g/mol. The van der Waals surface area contributed by atoms with E-state index in [9.17, 15) is 4.79 Å². The highest BCUT2D eigenvalue weighted by Gasteiger charge is 2.21. The number of rotatable bonds is 4. The van der Waals surface area contributed by atoms with Gasteiger partial charge in [0.15, 0.2) is 0 Å². The average Bonchev–Trinajstić information content (AvgIpc) is 2.94. The molecule has 6 heteroatoms. The second-order valence-corrected chi connectivity index (χ2v) is 7.39. The molecule has 2 amide bonds. The van der Waals surface area contributed by atoms with Crippen LogP contribution in [0.15, 0.2) is 36.4 Å². The molecule has 3 rings (SSSR count). The molecule has 2 aromatic rings. The summed E-state index contributed by atoms with van der Waals surface area (Å²) in [6.45, 7) is 7.13. The minimum atomic E-state index is -0.535. The summed E-state index contributed by atoms with van der Waals surface area (Å²) in [6.07, 6.45) is 0.575. The third-order valence-electron chi connectivity index (χ3n) is 3.99. The van der Waals surface area contributed by atoms with E-state index in [1.54, 1.807) is 0 Å². The maximum Gasteiger partial charge on any atom is 0.317 e. The number of ether oxygens (including phenoxy) is 1. The lowest BCUT2D eigenvalue weighted by atomic mass is 10.1. The van der Waals surface area contributed by atoms with Crippen molar-refractivity contribution >= 4 is 22.4 Å². The number of anilines is 1. The van der Waals surface area contributed by atoms with Crippen molar-refractivity contribution < 1.29 is 9.53 Å². The monoisotopic (exact) mass is 345 g/mol. The predicted molar refractivity (Wildman–Crippen MR) is 98.2 cm³/mol. The van der Waals surface area contributed by atoms with Gasteiger partial charge >= 0.3 is 6.03 Å². The summed E-state index contributed by atoms with van der Waals surface area (Å²) in [4.78, 5) is 14.4. The minimum absolute atomic E-state index is 0.287. The van der Waals surface area contributed by atoms with Crippen LogP contribution in [-0.4, -0.2) is 36.2 Å². The maximum atomic E-state index is 10.9. The molecule has 1 aliphatic heterocycles. The number of benzene rings is 1. The number of hydrogen-bond acceptors (Lipinski definition) is 4. The van der Waals surface area contributed by atoms with Crippen LogP contribution in [0.25, 0.3) is 10.4 Å². The first-order chi connectivity index (χ1) is 11.5. The fourth-order valence-corrected chi connectivity index (χ4v) is 4.04. The summed E-state index contributed by atoms with van der Waals surface area (Å²) in [6, 6.07) is 11.9. The highest BCUT2D eigenvalue weighted by Crippen LogP contribution is 2.31. The zero-order valence-corrected chi connectivity index (χ0v) is 14.8. The molecule has 0 saturated carbocycles.